The molecule has 18 heavy (non-hydrogen) atoms. The van der Waals surface area contributed by atoms with E-state index in [1.165, 1.54) is 17.8 Å². The molecule has 0 spiro atoms. The van der Waals surface area contributed by atoms with Gasteiger partial charge >= 0.3 is 5.69 Å². The smallest absolute Gasteiger partial charge is 0.330 e. The molecule has 1 heterocycles. The summed E-state index contributed by atoms with van der Waals surface area (Å²) in [4.78, 5) is 23.4. The van der Waals surface area contributed by atoms with Crippen LogP contribution in [0, 0.1) is 0 Å². The second kappa shape index (κ2) is 4.91. The van der Waals surface area contributed by atoms with Crippen LogP contribution in [0.3, 0.4) is 0 Å². The fourth-order valence-corrected chi connectivity index (χ4v) is 1.72. The molecule has 2 aromatic rings. The number of anilines is 1. The summed E-state index contributed by atoms with van der Waals surface area (Å²) in [5.74, 6) is 0. The molecule has 0 aliphatic heterocycles. The fourth-order valence-electron chi connectivity index (χ4n) is 1.72. The van der Waals surface area contributed by atoms with Crippen molar-refractivity contribution in [3.63, 3.8) is 0 Å². The molecule has 5 nitrogen and oxygen atoms in total. The van der Waals surface area contributed by atoms with E-state index in [2.05, 4.69) is 5.32 Å². The van der Waals surface area contributed by atoms with E-state index in [1.807, 2.05) is 30.3 Å². The Morgan fingerprint density at radius 2 is 1.78 bits per heavy atom. The molecule has 94 valence electrons. The molecule has 0 bridgehead atoms. The normalized spacial score (nSPS) is 10.3. The maximum absolute atomic E-state index is 11.9. The number of hydrogen-bond acceptors (Lipinski definition) is 3. The summed E-state index contributed by atoms with van der Waals surface area (Å²) in [5, 5.41) is 3.05. The van der Waals surface area contributed by atoms with E-state index in [4.69, 9.17) is 0 Å². The highest BCUT2D eigenvalue weighted by Crippen LogP contribution is 2.02. The minimum atomic E-state index is -0.328. The van der Waals surface area contributed by atoms with Crippen LogP contribution in [-0.4, -0.2) is 9.13 Å². The van der Waals surface area contributed by atoms with Gasteiger partial charge in [-0.05, 0) is 5.56 Å². The van der Waals surface area contributed by atoms with Crippen LogP contribution in [0.5, 0.6) is 0 Å². The largest absolute Gasteiger partial charge is 0.375 e. The third kappa shape index (κ3) is 2.34. The Balaban J connectivity index is 2.26. The highest BCUT2D eigenvalue weighted by atomic mass is 16.2. The van der Waals surface area contributed by atoms with Gasteiger partial charge in [-0.1, -0.05) is 30.3 Å². The lowest BCUT2D eigenvalue weighted by Crippen LogP contribution is -2.37. The first kappa shape index (κ1) is 12.2. The van der Waals surface area contributed by atoms with Gasteiger partial charge in [-0.15, -0.1) is 0 Å². The summed E-state index contributed by atoms with van der Waals surface area (Å²) >= 11 is 0. The first-order chi connectivity index (χ1) is 8.59. The zero-order valence-corrected chi connectivity index (χ0v) is 10.4. The molecule has 0 amide bonds. The lowest BCUT2D eigenvalue weighted by atomic mass is 10.2. The third-order valence-corrected chi connectivity index (χ3v) is 2.77. The van der Waals surface area contributed by atoms with E-state index in [0.717, 1.165) is 10.1 Å². The summed E-state index contributed by atoms with van der Waals surface area (Å²) in [5.41, 5.74) is 0.858. The number of benzene rings is 1. The summed E-state index contributed by atoms with van der Waals surface area (Å²) < 4.78 is 2.47. The number of nitrogens with one attached hydrogen (secondary N) is 1. The number of aryl methyl sites for hydroxylation is 1. The Kier molecular flexibility index (Phi) is 3.32. The van der Waals surface area contributed by atoms with Gasteiger partial charge in [-0.3, -0.25) is 9.36 Å². The molecule has 0 saturated carbocycles. The van der Waals surface area contributed by atoms with E-state index in [9.17, 15) is 9.59 Å². The van der Waals surface area contributed by atoms with Gasteiger partial charge in [0, 0.05) is 26.8 Å². The zero-order valence-electron chi connectivity index (χ0n) is 10.4. The molecular weight excluding hydrogens is 230 g/mol. The molecule has 0 saturated heterocycles. The quantitative estimate of drug-likeness (QED) is 0.866. The predicted molar refractivity (Wildman–Crippen MR) is 70.7 cm³/mol. The van der Waals surface area contributed by atoms with Crippen molar-refractivity contribution in [3.8, 4) is 0 Å². The minimum Gasteiger partial charge on any atom is -0.375 e. The van der Waals surface area contributed by atoms with E-state index in [-0.39, 0.29) is 11.2 Å². The van der Waals surface area contributed by atoms with Crippen molar-refractivity contribution in [1.82, 2.24) is 9.13 Å². The lowest BCUT2D eigenvalue weighted by molar-refractivity contribution is 0.687. The van der Waals surface area contributed by atoms with Gasteiger partial charge in [0.05, 0.1) is 0 Å². The Bertz CT molecular complexity index is 656. The summed E-state index contributed by atoms with van der Waals surface area (Å²) in [6.07, 6.45) is 1.52. The van der Waals surface area contributed by atoms with Gasteiger partial charge in [0.2, 0.25) is 0 Å². The number of rotatable bonds is 3. The highest BCUT2D eigenvalue weighted by molar-refractivity contribution is 5.39. The molecule has 0 aliphatic rings. The Hall–Kier alpha value is -2.30. The van der Waals surface area contributed by atoms with Crippen LogP contribution in [0.1, 0.15) is 5.56 Å². The SMILES string of the molecule is Cn1cc(NCc2ccccc2)c(=O)n(C)c1=O. The lowest BCUT2D eigenvalue weighted by Gasteiger charge is -2.09. The van der Waals surface area contributed by atoms with Crippen molar-refractivity contribution in [2.45, 2.75) is 6.54 Å². The topological polar surface area (TPSA) is 56.0 Å². The number of aromatic nitrogens is 2. The maximum Gasteiger partial charge on any atom is 0.330 e. The second-order valence-electron chi connectivity index (χ2n) is 4.14. The molecule has 2 rings (SSSR count). The number of hydrogen-bond donors (Lipinski definition) is 1. The van der Waals surface area contributed by atoms with Crippen molar-refractivity contribution in [3.05, 3.63) is 62.9 Å². The number of nitrogens with zero attached hydrogens (tertiary/aromatic N) is 2. The van der Waals surface area contributed by atoms with Gasteiger partial charge in [0.1, 0.15) is 5.69 Å². The standard InChI is InChI=1S/C13H15N3O2/c1-15-9-11(12(17)16(2)13(15)18)14-8-10-6-4-3-5-7-10/h3-7,9,14H,8H2,1-2H3. The highest BCUT2D eigenvalue weighted by Gasteiger charge is 2.05. The van der Waals surface area contributed by atoms with Gasteiger partial charge < -0.3 is 9.88 Å². The Morgan fingerprint density at radius 3 is 2.44 bits per heavy atom. The van der Waals surface area contributed by atoms with Crippen molar-refractivity contribution in [2.75, 3.05) is 5.32 Å². The molecule has 1 aromatic heterocycles. The van der Waals surface area contributed by atoms with Crippen LogP contribution in [-0.2, 0) is 20.6 Å². The van der Waals surface area contributed by atoms with Crippen molar-refractivity contribution in [2.24, 2.45) is 14.1 Å². The molecule has 1 aromatic carbocycles. The van der Waals surface area contributed by atoms with E-state index in [1.54, 1.807) is 7.05 Å². The van der Waals surface area contributed by atoms with Crippen molar-refractivity contribution in [1.29, 1.82) is 0 Å². The van der Waals surface area contributed by atoms with Crippen LogP contribution in [0.2, 0.25) is 0 Å². The van der Waals surface area contributed by atoms with Crippen molar-refractivity contribution < 1.29 is 0 Å². The van der Waals surface area contributed by atoms with Crippen LogP contribution in [0.25, 0.3) is 0 Å². The summed E-state index contributed by atoms with van der Waals surface area (Å²) in [7, 11) is 3.09. The van der Waals surface area contributed by atoms with Crippen LogP contribution >= 0.6 is 0 Å². The van der Waals surface area contributed by atoms with Crippen molar-refractivity contribution >= 4 is 5.69 Å². The fraction of sp³-hybridized carbons (Fsp3) is 0.231. The second-order valence-corrected chi connectivity index (χ2v) is 4.14. The molecule has 1 N–H and O–H groups in total. The van der Waals surface area contributed by atoms with E-state index in [0.29, 0.717) is 12.2 Å². The predicted octanol–water partition coefficient (Wildman–Crippen LogP) is 0.696. The van der Waals surface area contributed by atoms with Gasteiger partial charge in [-0.2, -0.15) is 0 Å². The first-order valence-electron chi connectivity index (χ1n) is 5.64. The third-order valence-electron chi connectivity index (χ3n) is 2.77. The average Bonchev–Trinajstić information content (AvgIpc) is 2.40. The van der Waals surface area contributed by atoms with Crippen LogP contribution in [0.15, 0.2) is 46.1 Å². The molecular formula is C13H15N3O2. The monoisotopic (exact) mass is 245 g/mol. The van der Waals surface area contributed by atoms with Gasteiger partial charge in [-0.25, -0.2) is 4.79 Å². The summed E-state index contributed by atoms with van der Waals surface area (Å²) in [6.45, 7) is 0.550. The Morgan fingerprint density at radius 1 is 1.11 bits per heavy atom. The van der Waals surface area contributed by atoms with E-state index < -0.39 is 0 Å². The zero-order chi connectivity index (χ0) is 13.1. The molecule has 5 heteroatoms. The molecule has 0 fully saturated rings. The summed E-state index contributed by atoms with van der Waals surface area (Å²) in [6, 6.07) is 9.76. The molecule has 0 unspecified atom stereocenters. The van der Waals surface area contributed by atoms with Gasteiger partial charge in [0.15, 0.2) is 0 Å². The van der Waals surface area contributed by atoms with Crippen LogP contribution in [0.4, 0.5) is 5.69 Å². The molecule has 0 radical (unpaired) electrons. The van der Waals surface area contributed by atoms with Gasteiger partial charge in [0.25, 0.3) is 5.56 Å². The first-order valence-corrected chi connectivity index (χ1v) is 5.64. The molecule has 0 aliphatic carbocycles. The van der Waals surface area contributed by atoms with Crippen LogP contribution < -0.4 is 16.6 Å². The van der Waals surface area contributed by atoms with E-state index >= 15 is 0 Å². The molecule has 0 atom stereocenters. The Labute approximate surface area is 104 Å². The maximum atomic E-state index is 11.9. The average molecular weight is 245 g/mol. The minimum absolute atomic E-state index is 0.311.